The van der Waals surface area contributed by atoms with Gasteiger partial charge in [0.25, 0.3) is 0 Å². The monoisotopic (exact) mass is 268 g/mol. The predicted molar refractivity (Wildman–Crippen MR) is 70.3 cm³/mol. The molecule has 2 nitrogen and oxygen atoms in total. The Morgan fingerprint density at radius 3 is 2.50 bits per heavy atom. The smallest absolute Gasteiger partial charge is 0.146 e. The molecule has 0 spiro atoms. The van der Waals surface area contributed by atoms with Gasteiger partial charge in [-0.3, -0.25) is 0 Å². The number of rotatable bonds is 2. The lowest BCUT2D eigenvalue weighted by Gasteiger charge is -2.22. The maximum atomic E-state index is 13.7. The highest BCUT2D eigenvalue weighted by atomic mass is 35.5. The van der Waals surface area contributed by atoms with Crippen LogP contribution in [0.1, 0.15) is 0 Å². The van der Waals surface area contributed by atoms with Crippen molar-refractivity contribution in [3.63, 3.8) is 0 Å². The van der Waals surface area contributed by atoms with Crippen molar-refractivity contribution in [3.05, 3.63) is 53.1 Å². The fraction of sp³-hybridized carbons (Fsp3) is 0.0769. The first-order valence-corrected chi connectivity index (χ1v) is 5.60. The summed E-state index contributed by atoms with van der Waals surface area (Å²) < 4.78 is 26.9. The molecule has 0 unspecified atom stereocenters. The van der Waals surface area contributed by atoms with Gasteiger partial charge >= 0.3 is 0 Å². The molecule has 2 aromatic rings. The second kappa shape index (κ2) is 4.82. The molecule has 0 aromatic heterocycles. The molecule has 0 bridgehead atoms. The van der Waals surface area contributed by atoms with Gasteiger partial charge in [0.1, 0.15) is 11.6 Å². The summed E-state index contributed by atoms with van der Waals surface area (Å²) in [5.41, 5.74) is 6.73. The summed E-state index contributed by atoms with van der Waals surface area (Å²) in [4.78, 5) is 1.46. The van der Waals surface area contributed by atoms with Crippen LogP contribution in [0.15, 0.2) is 36.4 Å². The molecule has 5 heteroatoms. The Morgan fingerprint density at radius 1 is 1.06 bits per heavy atom. The third kappa shape index (κ3) is 2.38. The molecule has 0 amide bonds. The summed E-state index contributed by atoms with van der Waals surface area (Å²) in [7, 11) is 1.60. The summed E-state index contributed by atoms with van der Waals surface area (Å²) in [5, 5.41) is 0.397. The van der Waals surface area contributed by atoms with Crippen LogP contribution in [-0.2, 0) is 0 Å². The molecular formula is C13H11ClF2N2. The molecule has 94 valence electrons. The zero-order valence-electron chi connectivity index (χ0n) is 9.62. The average molecular weight is 269 g/mol. The molecule has 0 aliphatic rings. The van der Waals surface area contributed by atoms with E-state index in [0.717, 1.165) is 0 Å². The number of anilines is 3. The second-order valence-electron chi connectivity index (χ2n) is 3.86. The van der Waals surface area contributed by atoms with Crippen molar-refractivity contribution in [3.8, 4) is 0 Å². The molecule has 0 saturated carbocycles. The highest BCUT2D eigenvalue weighted by Crippen LogP contribution is 2.32. The van der Waals surface area contributed by atoms with Gasteiger partial charge in [0.15, 0.2) is 0 Å². The maximum Gasteiger partial charge on any atom is 0.146 e. The van der Waals surface area contributed by atoms with E-state index in [4.69, 9.17) is 17.3 Å². The van der Waals surface area contributed by atoms with E-state index in [1.165, 1.54) is 41.3 Å². The first-order chi connectivity index (χ1) is 8.49. The van der Waals surface area contributed by atoms with E-state index in [1.807, 2.05) is 0 Å². The van der Waals surface area contributed by atoms with E-state index >= 15 is 0 Å². The van der Waals surface area contributed by atoms with Crippen LogP contribution in [0.3, 0.4) is 0 Å². The van der Waals surface area contributed by atoms with Gasteiger partial charge in [0.2, 0.25) is 0 Å². The van der Waals surface area contributed by atoms with Crippen molar-refractivity contribution in [2.75, 3.05) is 17.7 Å². The fourth-order valence-corrected chi connectivity index (χ4v) is 1.85. The Bertz CT molecular complexity index is 536. The zero-order chi connectivity index (χ0) is 13.3. The fourth-order valence-electron chi connectivity index (χ4n) is 1.68. The number of halogens is 3. The Kier molecular flexibility index (Phi) is 3.39. The molecule has 0 fully saturated rings. The van der Waals surface area contributed by atoms with Crippen molar-refractivity contribution in [1.29, 1.82) is 0 Å². The largest absolute Gasteiger partial charge is 0.397 e. The van der Waals surface area contributed by atoms with Crippen LogP contribution in [0, 0.1) is 11.6 Å². The van der Waals surface area contributed by atoms with Crippen LogP contribution in [0.25, 0.3) is 0 Å². The number of nitrogens with zero attached hydrogens (tertiary/aromatic N) is 1. The molecule has 0 atom stereocenters. The molecule has 2 rings (SSSR count). The quantitative estimate of drug-likeness (QED) is 0.835. The summed E-state index contributed by atoms with van der Waals surface area (Å²) in [6, 6.07) is 8.09. The summed E-state index contributed by atoms with van der Waals surface area (Å²) in [5.74, 6) is -0.890. The first kappa shape index (κ1) is 12.6. The molecule has 2 N–H and O–H groups in total. The van der Waals surface area contributed by atoms with Crippen molar-refractivity contribution in [2.45, 2.75) is 0 Å². The standard InChI is InChI=1S/C13H11ClF2N2/c1-18(12-6-8(14)2-4-10(12)16)13-7-9(15)3-5-11(13)17/h2-7H,17H2,1H3. The van der Waals surface area contributed by atoms with E-state index in [9.17, 15) is 8.78 Å². The van der Waals surface area contributed by atoms with Gasteiger partial charge in [-0.25, -0.2) is 8.78 Å². The number of benzene rings is 2. The van der Waals surface area contributed by atoms with Gasteiger partial charge in [-0.2, -0.15) is 0 Å². The van der Waals surface area contributed by atoms with Gasteiger partial charge in [-0.15, -0.1) is 0 Å². The Labute approximate surface area is 109 Å². The SMILES string of the molecule is CN(c1cc(F)ccc1N)c1cc(Cl)ccc1F. The Balaban J connectivity index is 2.50. The van der Waals surface area contributed by atoms with Crippen LogP contribution in [-0.4, -0.2) is 7.05 Å². The zero-order valence-corrected chi connectivity index (χ0v) is 10.4. The second-order valence-corrected chi connectivity index (χ2v) is 4.29. The van der Waals surface area contributed by atoms with Crippen molar-refractivity contribution >= 4 is 28.7 Å². The molecule has 0 heterocycles. The Hall–Kier alpha value is -1.81. The Morgan fingerprint density at radius 2 is 1.78 bits per heavy atom. The normalized spacial score (nSPS) is 10.4. The number of nitrogen functional groups attached to an aromatic ring is 1. The topological polar surface area (TPSA) is 29.3 Å². The van der Waals surface area contributed by atoms with E-state index < -0.39 is 11.6 Å². The molecule has 18 heavy (non-hydrogen) atoms. The summed E-state index contributed by atoms with van der Waals surface area (Å²) in [6.45, 7) is 0. The third-order valence-corrected chi connectivity index (χ3v) is 2.86. The molecule has 0 saturated heterocycles. The first-order valence-electron chi connectivity index (χ1n) is 5.23. The minimum Gasteiger partial charge on any atom is -0.397 e. The van der Waals surface area contributed by atoms with Gasteiger partial charge < -0.3 is 10.6 Å². The molecule has 0 aliphatic heterocycles. The molecule has 2 aromatic carbocycles. The maximum absolute atomic E-state index is 13.7. The van der Waals surface area contributed by atoms with Gasteiger partial charge in [0, 0.05) is 12.1 Å². The van der Waals surface area contributed by atoms with E-state index in [0.29, 0.717) is 16.4 Å². The molecule has 0 radical (unpaired) electrons. The summed E-state index contributed by atoms with van der Waals surface area (Å²) >= 11 is 5.82. The minimum absolute atomic E-state index is 0.236. The number of nitrogens with two attached hydrogens (primary N) is 1. The average Bonchev–Trinajstić information content (AvgIpc) is 2.34. The van der Waals surface area contributed by atoms with Crippen LogP contribution >= 0.6 is 11.6 Å². The summed E-state index contributed by atoms with van der Waals surface area (Å²) in [6.07, 6.45) is 0. The third-order valence-electron chi connectivity index (χ3n) is 2.62. The molecular weight excluding hydrogens is 258 g/mol. The van der Waals surface area contributed by atoms with Crippen molar-refractivity contribution < 1.29 is 8.78 Å². The molecule has 0 aliphatic carbocycles. The highest BCUT2D eigenvalue weighted by molar-refractivity contribution is 6.30. The minimum atomic E-state index is -0.453. The van der Waals surface area contributed by atoms with Crippen LogP contribution < -0.4 is 10.6 Å². The van der Waals surface area contributed by atoms with Gasteiger partial charge in [-0.05, 0) is 36.4 Å². The predicted octanol–water partition coefficient (Wildman–Crippen LogP) is 3.97. The van der Waals surface area contributed by atoms with E-state index in [1.54, 1.807) is 7.05 Å². The van der Waals surface area contributed by atoms with E-state index in [2.05, 4.69) is 0 Å². The van der Waals surface area contributed by atoms with E-state index in [-0.39, 0.29) is 5.69 Å². The number of hydrogen-bond acceptors (Lipinski definition) is 2. The van der Waals surface area contributed by atoms with Gasteiger partial charge in [0.05, 0.1) is 17.1 Å². The van der Waals surface area contributed by atoms with Crippen molar-refractivity contribution in [1.82, 2.24) is 0 Å². The van der Waals surface area contributed by atoms with Crippen LogP contribution in [0.5, 0.6) is 0 Å². The van der Waals surface area contributed by atoms with Gasteiger partial charge in [-0.1, -0.05) is 11.6 Å². The van der Waals surface area contributed by atoms with Crippen LogP contribution in [0.4, 0.5) is 25.8 Å². The lowest BCUT2D eigenvalue weighted by molar-refractivity contribution is 0.623. The lowest BCUT2D eigenvalue weighted by atomic mass is 10.2. The highest BCUT2D eigenvalue weighted by Gasteiger charge is 2.13. The van der Waals surface area contributed by atoms with Crippen molar-refractivity contribution in [2.24, 2.45) is 0 Å². The lowest BCUT2D eigenvalue weighted by Crippen LogP contribution is -2.13. The number of hydrogen-bond donors (Lipinski definition) is 1. The van der Waals surface area contributed by atoms with Crippen LogP contribution in [0.2, 0.25) is 5.02 Å².